The first-order chi connectivity index (χ1) is 11.2. The van der Waals surface area contributed by atoms with Crippen molar-refractivity contribution >= 4 is 34.6 Å². The maximum Gasteiger partial charge on any atom is 0.308 e. The van der Waals surface area contributed by atoms with Gasteiger partial charge in [0.25, 0.3) is 0 Å². The summed E-state index contributed by atoms with van der Waals surface area (Å²) in [5, 5.41) is 3.21. The zero-order valence-corrected chi connectivity index (χ0v) is 13.5. The van der Waals surface area contributed by atoms with Gasteiger partial charge >= 0.3 is 5.97 Å². The van der Waals surface area contributed by atoms with Crippen LogP contribution in [0.15, 0.2) is 59.6 Å². The number of anilines is 1. The lowest BCUT2D eigenvalue weighted by Gasteiger charge is -2.12. The molecule has 23 heavy (non-hydrogen) atoms. The number of hydrogen-bond donors (Lipinski definition) is 1. The highest BCUT2D eigenvalue weighted by atomic mass is 32.1. The molecule has 0 amide bonds. The molecule has 0 spiro atoms. The number of aliphatic imine (C=N–C) groups is 1. The van der Waals surface area contributed by atoms with Gasteiger partial charge in [-0.3, -0.25) is 9.79 Å². The number of fused-ring (bicyclic) bond motifs is 1. The number of para-hydroxylation sites is 1. The number of hydrogen-bond acceptors (Lipinski definition) is 4. The Bertz CT molecular complexity index is 772. The number of thiocarbonyl (C=S) groups is 1. The van der Waals surface area contributed by atoms with Crippen LogP contribution in [0.5, 0.6) is 0 Å². The van der Waals surface area contributed by atoms with Gasteiger partial charge in [-0.15, -0.1) is 0 Å². The number of carbonyl (C=O) groups excluding carboxylic acids is 1. The lowest BCUT2D eigenvalue weighted by Crippen LogP contribution is -2.26. The second kappa shape index (κ2) is 6.71. The fourth-order valence-corrected chi connectivity index (χ4v) is 2.75. The molecule has 0 saturated carbocycles. The average molecular weight is 324 g/mol. The normalized spacial score (nSPS) is 16.7. The van der Waals surface area contributed by atoms with Crippen molar-refractivity contribution in [2.45, 2.75) is 12.5 Å². The van der Waals surface area contributed by atoms with Gasteiger partial charge in [-0.2, -0.15) is 0 Å². The first-order valence-corrected chi connectivity index (χ1v) is 7.70. The molecule has 1 aliphatic rings. The topological polar surface area (TPSA) is 50.7 Å². The summed E-state index contributed by atoms with van der Waals surface area (Å²) in [6, 6.07) is 17.3. The zero-order valence-electron chi connectivity index (χ0n) is 12.7. The van der Waals surface area contributed by atoms with Crippen LogP contribution in [0.3, 0.4) is 0 Å². The second-order valence-electron chi connectivity index (χ2n) is 5.17. The van der Waals surface area contributed by atoms with E-state index in [2.05, 4.69) is 5.32 Å². The van der Waals surface area contributed by atoms with Crippen molar-refractivity contribution < 1.29 is 9.53 Å². The van der Waals surface area contributed by atoms with E-state index >= 15 is 0 Å². The number of carbonyl (C=O) groups is 1. The molecule has 1 atom stereocenters. The predicted octanol–water partition coefficient (Wildman–Crippen LogP) is 3.21. The van der Waals surface area contributed by atoms with Gasteiger partial charge in [0.15, 0.2) is 0 Å². The molecule has 0 bridgehead atoms. The Balaban J connectivity index is 2.11. The molecule has 0 unspecified atom stereocenters. The van der Waals surface area contributed by atoms with Crippen molar-refractivity contribution in [1.82, 2.24) is 0 Å². The maximum atomic E-state index is 11.7. The van der Waals surface area contributed by atoms with Gasteiger partial charge < -0.3 is 10.1 Å². The van der Waals surface area contributed by atoms with Crippen molar-refractivity contribution in [2.75, 3.05) is 12.4 Å². The fourth-order valence-electron chi connectivity index (χ4n) is 2.50. The number of rotatable bonds is 3. The van der Waals surface area contributed by atoms with Gasteiger partial charge in [0.1, 0.15) is 11.0 Å². The van der Waals surface area contributed by atoms with Crippen LogP contribution >= 0.6 is 12.2 Å². The first-order valence-electron chi connectivity index (χ1n) is 7.29. The number of benzodiazepines with no additional fused rings is 1. The summed E-state index contributed by atoms with van der Waals surface area (Å²) in [5.41, 5.74) is 3.67. The van der Waals surface area contributed by atoms with E-state index in [1.165, 1.54) is 7.11 Å². The SMILES string of the molecule is COC(=O)C[C@@H]1N=C(c2ccccc2)c2ccccc2NC1=S. The van der Waals surface area contributed by atoms with Crippen LogP contribution in [0.2, 0.25) is 0 Å². The van der Waals surface area contributed by atoms with Crippen LogP contribution in [0.4, 0.5) is 5.69 Å². The lowest BCUT2D eigenvalue weighted by atomic mass is 10.0. The third-order valence-corrected chi connectivity index (χ3v) is 4.04. The van der Waals surface area contributed by atoms with E-state index < -0.39 is 6.04 Å². The predicted molar refractivity (Wildman–Crippen MR) is 95.2 cm³/mol. The molecule has 1 aliphatic heterocycles. The summed E-state index contributed by atoms with van der Waals surface area (Å²) in [6.45, 7) is 0. The Hall–Kier alpha value is -2.53. The fraction of sp³-hybridized carbons (Fsp3) is 0.167. The molecule has 0 saturated heterocycles. The lowest BCUT2D eigenvalue weighted by molar-refractivity contribution is -0.140. The molecule has 2 aromatic carbocycles. The van der Waals surface area contributed by atoms with Crippen LogP contribution in [0.1, 0.15) is 17.5 Å². The molecule has 4 nitrogen and oxygen atoms in total. The van der Waals surface area contributed by atoms with Crippen LogP contribution < -0.4 is 5.32 Å². The van der Waals surface area contributed by atoms with Gasteiger partial charge in [-0.1, -0.05) is 60.7 Å². The van der Waals surface area contributed by atoms with Crippen molar-refractivity contribution in [3.8, 4) is 0 Å². The Labute approximate surface area is 140 Å². The highest BCUT2D eigenvalue weighted by Crippen LogP contribution is 2.25. The van der Waals surface area contributed by atoms with Crippen molar-refractivity contribution in [1.29, 1.82) is 0 Å². The molecule has 0 aliphatic carbocycles. The molecule has 2 aromatic rings. The largest absolute Gasteiger partial charge is 0.469 e. The summed E-state index contributed by atoms with van der Waals surface area (Å²) >= 11 is 5.43. The van der Waals surface area contributed by atoms with Crippen LogP contribution in [-0.4, -0.2) is 29.8 Å². The molecule has 1 N–H and O–H groups in total. The number of esters is 1. The summed E-state index contributed by atoms with van der Waals surface area (Å²) < 4.78 is 4.76. The highest BCUT2D eigenvalue weighted by Gasteiger charge is 2.25. The third-order valence-electron chi connectivity index (χ3n) is 3.66. The molecule has 0 aromatic heterocycles. The van der Waals surface area contributed by atoms with E-state index in [4.69, 9.17) is 21.9 Å². The summed E-state index contributed by atoms with van der Waals surface area (Å²) in [4.78, 5) is 17.0. The molecule has 0 fully saturated rings. The van der Waals surface area contributed by atoms with Gasteiger partial charge in [0.05, 0.1) is 19.2 Å². The third kappa shape index (κ3) is 3.29. The minimum absolute atomic E-state index is 0.118. The van der Waals surface area contributed by atoms with Gasteiger partial charge in [0, 0.05) is 16.8 Å². The molecular formula is C18H16N2O2S. The van der Waals surface area contributed by atoms with E-state index in [1.54, 1.807) is 0 Å². The van der Waals surface area contributed by atoms with E-state index in [0.717, 1.165) is 22.5 Å². The minimum Gasteiger partial charge on any atom is -0.469 e. The molecule has 0 radical (unpaired) electrons. The van der Waals surface area contributed by atoms with Crippen LogP contribution in [0.25, 0.3) is 0 Å². The second-order valence-corrected chi connectivity index (χ2v) is 5.61. The van der Waals surface area contributed by atoms with Crippen molar-refractivity contribution in [3.63, 3.8) is 0 Å². The maximum absolute atomic E-state index is 11.7. The van der Waals surface area contributed by atoms with Gasteiger partial charge in [-0.05, 0) is 6.07 Å². The Morgan fingerprint density at radius 3 is 2.61 bits per heavy atom. The summed E-state index contributed by atoms with van der Waals surface area (Å²) in [7, 11) is 1.37. The molecule has 1 heterocycles. The Morgan fingerprint density at radius 1 is 1.17 bits per heavy atom. The molecular weight excluding hydrogens is 308 g/mol. The van der Waals surface area contributed by atoms with Crippen molar-refractivity contribution in [3.05, 3.63) is 65.7 Å². The van der Waals surface area contributed by atoms with Crippen molar-refractivity contribution in [2.24, 2.45) is 4.99 Å². The van der Waals surface area contributed by atoms with E-state index in [0.29, 0.717) is 4.99 Å². The van der Waals surface area contributed by atoms with E-state index in [9.17, 15) is 4.79 Å². The van der Waals surface area contributed by atoms with Crippen LogP contribution in [-0.2, 0) is 9.53 Å². The zero-order chi connectivity index (χ0) is 16.2. The number of methoxy groups -OCH3 is 1. The molecule has 116 valence electrons. The first kappa shape index (κ1) is 15.4. The average Bonchev–Trinajstić information content (AvgIpc) is 2.72. The summed E-state index contributed by atoms with van der Waals surface area (Å²) in [6.07, 6.45) is 0.118. The van der Waals surface area contributed by atoms with Crippen LogP contribution in [0, 0.1) is 0 Å². The number of nitrogens with zero attached hydrogens (tertiary/aromatic N) is 1. The Kier molecular flexibility index (Phi) is 4.48. The van der Waals surface area contributed by atoms with Gasteiger partial charge in [-0.25, -0.2) is 0 Å². The quantitative estimate of drug-likeness (QED) is 0.696. The van der Waals surface area contributed by atoms with E-state index in [1.807, 2.05) is 54.6 Å². The standard InChI is InChI=1S/C18H16N2O2S/c1-22-16(21)11-15-18(23)20-14-10-6-5-9-13(14)17(19-15)12-7-3-2-4-8-12/h2-10,15H,11H2,1H3,(H,20,23)/t15-/m0/s1. The number of ether oxygens (including phenoxy) is 1. The minimum atomic E-state index is -0.444. The molecule has 3 rings (SSSR count). The van der Waals surface area contributed by atoms with E-state index in [-0.39, 0.29) is 12.4 Å². The summed E-state index contributed by atoms with van der Waals surface area (Å²) in [5.74, 6) is -0.332. The monoisotopic (exact) mass is 324 g/mol. The molecule has 5 heteroatoms. The highest BCUT2D eigenvalue weighted by molar-refractivity contribution is 7.80. The number of benzene rings is 2. The van der Waals surface area contributed by atoms with Gasteiger partial charge in [0.2, 0.25) is 0 Å². The smallest absolute Gasteiger partial charge is 0.308 e. The number of nitrogens with one attached hydrogen (secondary N) is 1. The Morgan fingerprint density at radius 2 is 1.87 bits per heavy atom.